The maximum atomic E-state index is 12.7. The van der Waals surface area contributed by atoms with Crippen LogP contribution in [0.4, 0.5) is 8.78 Å². The Morgan fingerprint density at radius 3 is 2.67 bits per heavy atom. The number of aromatic nitrogens is 2. The highest BCUT2D eigenvalue weighted by molar-refractivity contribution is 5.94. The molecule has 2 N–H and O–H groups in total. The minimum Gasteiger partial charge on any atom is -0.435 e. The number of imidazole rings is 1. The average molecular weight is 373 g/mol. The Morgan fingerprint density at radius 1 is 1.19 bits per heavy atom. The van der Waals surface area contributed by atoms with Crippen LogP contribution in [0.1, 0.15) is 42.5 Å². The molecule has 0 bridgehead atoms. The van der Waals surface area contributed by atoms with Gasteiger partial charge in [0.25, 0.3) is 5.91 Å². The fourth-order valence-electron chi connectivity index (χ4n) is 2.90. The van der Waals surface area contributed by atoms with Crippen LogP contribution in [0.15, 0.2) is 48.5 Å². The first-order chi connectivity index (χ1) is 12.9. The molecule has 3 rings (SSSR count). The van der Waals surface area contributed by atoms with Gasteiger partial charge in [0.2, 0.25) is 0 Å². The highest BCUT2D eigenvalue weighted by Crippen LogP contribution is 2.23. The quantitative estimate of drug-likeness (QED) is 0.632. The first-order valence-corrected chi connectivity index (χ1v) is 8.72. The van der Waals surface area contributed by atoms with Gasteiger partial charge in [-0.15, -0.1) is 0 Å². The fourth-order valence-corrected chi connectivity index (χ4v) is 2.90. The summed E-state index contributed by atoms with van der Waals surface area (Å²) in [5, 5.41) is 2.95. The third-order valence-electron chi connectivity index (χ3n) is 4.07. The molecule has 1 atom stereocenters. The standard InChI is InChI=1S/C20H21F2N3O2/c1-12(2)10-17(18-23-15-8-3-4-9-16(15)24-18)25-19(26)13-6-5-7-14(11-13)27-20(21)22/h3-9,11-12,17,20H,10H2,1-2H3,(H,23,24)(H,25,26). The zero-order chi connectivity index (χ0) is 19.4. The number of amides is 1. The number of alkyl halides is 2. The van der Waals surface area contributed by atoms with Crippen molar-refractivity contribution >= 4 is 16.9 Å². The lowest BCUT2D eigenvalue weighted by atomic mass is 10.0. The van der Waals surface area contributed by atoms with E-state index in [0.29, 0.717) is 18.2 Å². The topological polar surface area (TPSA) is 67.0 Å². The van der Waals surface area contributed by atoms with Crippen LogP contribution in [0, 0.1) is 5.92 Å². The third-order valence-corrected chi connectivity index (χ3v) is 4.07. The van der Waals surface area contributed by atoms with Crippen LogP contribution in [0.3, 0.4) is 0 Å². The summed E-state index contributed by atoms with van der Waals surface area (Å²) in [6.45, 7) is 1.17. The van der Waals surface area contributed by atoms with Gasteiger partial charge in [-0.2, -0.15) is 8.78 Å². The maximum Gasteiger partial charge on any atom is 0.387 e. The predicted molar refractivity (Wildman–Crippen MR) is 98.8 cm³/mol. The average Bonchev–Trinajstić information content (AvgIpc) is 3.04. The van der Waals surface area contributed by atoms with Crippen molar-refractivity contribution in [3.63, 3.8) is 0 Å². The molecule has 0 aliphatic rings. The van der Waals surface area contributed by atoms with E-state index in [2.05, 4.69) is 33.9 Å². The number of rotatable bonds is 7. The Kier molecular flexibility index (Phi) is 5.69. The first kappa shape index (κ1) is 18.8. The Hall–Kier alpha value is -2.96. The number of aromatic amines is 1. The van der Waals surface area contributed by atoms with E-state index in [9.17, 15) is 13.6 Å². The number of para-hydroxylation sites is 2. The summed E-state index contributed by atoms with van der Waals surface area (Å²) >= 11 is 0. The summed E-state index contributed by atoms with van der Waals surface area (Å²) in [5.41, 5.74) is 1.96. The van der Waals surface area contributed by atoms with Crippen LogP contribution in [0.2, 0.25) is 0 Å². The van der Waals surface area contributed by atoms with Gasteiger partial charge in [0.05, 0.1) is 17.1 Å². The lowest BCUT2D eigenvalue weighted by Crippen LogP contribution is -2.30. The molecule has 0 saturated carbocycles. The third kappa shape index (κ3) is 4.81. The van der Waals surface area contributed by atoms with E-state index in [4.69, 9.17) is 0 Å². The number of halogens is 2. The van der Waals surface area contributed by atoms with Crippen molar-refractivity contribution in [1.82, 2.24) is 15.3 Å². The molecule has 0 spiro atoms. The number of hydrogen-bond donors (Lipinski definition) is 2. The van der Waals surface area contributed by atoms with E-state index in [0.717, 1.165) is 11.0 Å². The summed E-state index contributed by atoms with van der Waals surface area (Å²) in [6.07, 6.45) is 0.679. The number of carbonyl (C=O) groups excluding carboxylic acids is 1. The van der Waals surface area contributed by atoms with E-state index in [1.54, 1.807) is 6.07 Å². The Labute approximate surface area is 155 Å². The van der Waals surface area contributed by atoms with Gasteiger partial charge in [0, 0.05) is 5.56 Å². The first-order valence-electron chi connectivity index (χ1n) is 8.72. The molecule has 0 aliphatic carbocycles. The molecule has 27 heavy (non-hydrogen) atoms. The van der Waals surface area contributed by atoms with Gasteiger partial charge >= 0.3 is 6.61 Å². The molecule has 1 heterocycles. The number of ether oxygens (including phenoxy) is 1. The lowest BCUT2D eigenvalue weighted by Gasteiger charge is -2.19. The second-order valence-electron chi connectivity index (χ2n) is 6.70. The maximum absolute atomic E-state index is 12.7. The van der Waals surface area contributed by atoms with Crippen LogP contribution in [-0.2, 0) is 0 Å². The molecule has 1 amide bonds. The van der Waals surface area contributed by atoms with E-state index in [-0.39, 0.29) is 23.3 Å². The van der Waals surface area contributed by atoms with Gasteiger partial charge in [-0.3, -0.25) is 4.79 Å². The minimum absolute atomic E-state index is 0.0539. The number of nitrogens with one attached hydrogen (secondary N) is 2. The fraction of sp³-hybridized carbons (Fsp3) is 0.300. The van der Waals surface area contributed by atoms with Gasteiger partial charge in [-0.05, 0) is 42.7 Å². The zero-order valence-electron chi connectivity index (χ0n) is 15.1. The van der Waals surface area contributed by atoms with Crippen molar-refractivity contribution in [3.05, 3.63) is 59.9 Å². The Bertz CT molecular complexity index is 891. The highest BCUT2D eigenvalue weighted by Gasteiger charge is 2.21. The molecule has 3 aromatic rings. The van der Waals surface area contributed by atoms with Crippen LogP contribution < -0.4 is 10.1 Å². The van der Waals surface area contributed by atoms with Gasteiger partial charge in [0.15, 0.2) is 0 Å². The smallest absolute Gasteiger partial charge is 0.387 e. The normalized spacial score (nSPS) is 12.5. The number of carbonyl (C=O) groups is 1. The number of H-pyrrole nitrogens is 1. The van der Waals surface area contributed by atoms with E-state index in [1.165, 1.54) is 18.2 Å². The number of hydrogen-bond acceptors (Lipinski definition) is 3. The largest absolute Gasteiger partial charge is 0.435 e. The molecule has 1 aromatic heterocycles. The Balaban J connectivity index is 1.83. The van der Waals surface area contributed by atoms with Gasteiger partial charge in [-0.25, -0.2) is 4.98 Å². The molecule has 0 fully saturated rings. The molecular weight excluding hydrogens is 352 g/mol. The van der Waals surface area contributed by atoms with Crippen molar-refractivity contribution < 1.29 is 18.3 Å². The molecule has 5 nitrogen and oxygen atoms in total. The number of fused-ring (bicyclic) bond motifs is 1. The van der Waals surface area contributed by atoms with Gasteiger partial charge in [0.1, 0.15) is 11.6 Å². The van der Waals surface area contributed by atoms with Crippen LogP contribution >= 0.6 is 0 Å². The predicted octanol–water partition coefficient (Wildman–Crippen LogP) is 4.68. The molecule has 142 valence electrons. The van der Waals surface area contributed by atoms with Crippen molar-refractivity contribution in [2.75, 3.05) is 0 Å². The molecule has 0 saturated heterocycles. The van der Waals surface area contributed by atoms with E-state index >= 15 is 0 Å². The summed E-state index contributed by atoms with van der Waals surface area (Å²) in [6, 6.07) is 13.0. The number of nitrogens with zero attached hydrogens (tertiary/aromatic N) is 1. The molecule has 7 heteroatoms. The summed E-state index contributed by atoms with van der Waals surface area (Å²) < 4.78 is 29.2. The number of benzene rings is 2. The molecule has 0 aliphatic heterocycles. The zero-order valence-corrected chi connectivity index (χ0v) is 15.1. The van der Waals surface area contributed by atoms with Crippen LogP contribution in [0.5, 0.6) is 5.75 Å². The molecule has 2 aromatic carbocycles. The van der Waals surface area contributed by atoms with Gasteiger partial charge < -0.3 is 15.0 Å². The summed E-state index contributed by atoms with van der Waals surface area (Å²) in [5.74, 6) is 0.554. The molecule has 1 unspecified atom stereocenters. The Morgan fingerprint density at radius 2 is 1.96 bits per heavy atom. The minimum atomic E-state index is -2.94. The second-order valence-corrected chi connectivity index (χ2v) is 6.70. The monoisotopic (exact) mass is 373 g/mol. The SMILES string of the molecule is CC(C)CC(NC(=O)c1cccc(OC(F)F)c1)c1nc2ccccc2[nH]1. The summed E-state index contributed by atoms with van der Waals surface area (Å²) in [4.78, 5) is 20.5. The van der Waals surface area contributed by atoms with Crippen LogP contribution in [-0.4, -0.2) is 22.5 Å². The van der Waals surface area contributed by atoms with Crippen molar-refractivity contribution in [2.45, 2.75) is 32.9 Å². The molecule has 0 radical (unpaired) electrons. The highest BCUT2D eigenvalue weighted by atomic mass is 19.3. The second kappa shape index (κ2) is 8.16. The summed E-state index contributed by atoms with van der Waals surface area (Å²) in [7, 11) is 0. The van der Waals surface area contributed by atoms with Crippen molar-refractivity contribution in [2.24, 2.45) is 5.92 Å². The van der Waals surface area contributed by atoms with Crippen LogP contribution in [0.25, 0.3) is 11.0 Å². The molecular formula is C20H21F2N3O2. The van der Waals surface area contributed by atoms with Crippen molar-refractivity contribution in [1.29, 1.82) is 0 Å². The van der Waals surface area contributed by atoms with E-state index in [1.807, 2.05) is 24.3 Å². The van der Waals surface area contributed by atoms with E-state index < -0.39 is 6.61 Å². The van der Waals surface area contributed by atoms with Gasteiger partial charge in [-0.1, -0.05) is 32.0 Å². The van der Waals surface area contributed by atoms with Crippen molar-refractivity contribution in [3.8, 4) is 5.75 Å². The lowest BCUT2D eigenvalue weighted by molar-refractivity contribution is -0.0498.